The summed E-state index contributed by atoms with van der Waals surface area (Å²) in [5.41, 5.74) is 0.671. The zero-order valence-electron chi connectivity index (χ0n) is 17.5. The third kappa shape index (κ3) is 6.45. The van der Waals surface area contributed by atoms with Crippen molar-refractivity contribution in [2.75, 3.05) is 45.9 Å². The first-order chi connectivity index (χ1) is 13.8. The Kier molecular flexibility index (Phi) is 8.45. The predicted molar refractivity (Wildman–Crippen MR) is 109 cm³/mol. The lowest BCUT2D eigenvalue weighted by atomic mass is 10.1. The molecule has 1 aliphatic heterocycles. The highest BCUT2D eigenvalue weighted by molar-refractivity contribution is 5.94. The Hall–Kier alpha value is -2.61. The summed E-state index contributed by atoms with van der Waals surface area (Å²) in [5, 5.41) is 9.19. The van der Waals surface area contributed by atoms with E-state index in [2.05, 4.69) is 4.90 Å². The fourth-order valence-corrected chi connectivity index (χ4v) is 3.43. The molecule has 1 aromatic rings. The summed E-state index contributed by atoms with van der Waals surface area (Å²) < 4.78 is 5.72. The van der Waals surface area contributed by atoms with Crippen molar-refractivity contribution in [3.8, 4) is 5.75 Å². The highest BCUT2D eigenvalue weighted by atomic mass is 16.5. The second kappa shape index (κ2) is 10.8. The van der Waals surface area contributed by atoms with Crippen LogP contribution in [0.4, 0.5) is 4.79 Å². The van der Waals surface area contributed by atoms with Crippen LogP contribution < -0.4 is 4.74 Å². The second-order valence-electron chi connectivity index (χ2n) is 7.19. The number of piperazine rings is 1. The maximum absolute atomic E-state index is 12.6. The number of carbonyl (C=O) groups is 3. The number of ketones is 1. The lowest BCUT2D eigenvalue weighted by molar-refractivity contribution is -0.137. The van der Waals surface area contributed by atoms with Crippen molar-refractivity contribution >= 4 is 17.8 Å². The fraction of sp³-hybridized carbons (Fsp3) is 0.571. The molecule has 1 atom stereocenters. The molecule has 0 radical (unpaired) electrons. The van der Waals surface area contributed by atoms with E-state index in [1.54, 1.807) is 43.0 Å². The van der Waals surface area contributed by atoms with Crippen molar-refractivity contribution < 1.29 is 24.2 Å². The van der Waals surface area contributed by atoms with Crippen LogP contribution in [-0.2, 0) is 4.79 Å². The van der Waals surface area contributed by atoms with Crippen LogP contribution in [0.25, 0.3) is 0 Å². The number of carbonyl (C=O) groups excluding carboxylic acids is 2. The molecule has 160 valence electrons. The van der Waals surface area contributed by atoms with Gasteiger partial charge in [0, 0.05) is 44.8 Å². The van der Waals surface area contributed by atoms with E-state index in [0.29, 0.717) is 31.8 Å². The Morgan fingerprint density at radius 3 is 2.28 bits per heavy atom. The number of Topliss-reactive ketones (excluding diaryl/α,β-unsaturated/α-hetero) is 1. The number of carboxylic acid groups (broad SMARTS) is 1. The molecule has 0 unspecified atom stereocenters. The normalized spacial score (nSPS) is 15.6. The number of hydrogen-bond donors (Lipinski definition) is 1. The monoisotopic (exact) mass is 405 g/mol. The first kappa shape index (κ1) is 22.7. The topological polar surface area (TPSA) is 90.4 Å². The van der Waals surface area contributed by atoms with Gasteiger partial charge in [0.1, 0.15) is 11.8 Å². The highest BCUT2D eigenvalue weighted by Gasteiger charge is 2.30. The van der Waals surface area contributed by atoms with Gasteiger partial charge in [-0.15, -0.1) is 0 Å². The number of benzene rings is 1. The van der Waals surface area contributed by atoms with E-state index in [4.69, 9.17) is 4.74 Å². The summed E-state index contributed by atoms with van der Waals surface area (Å²) in [4.78, 5) is 40.2. The molecule has 29 heavy (non-hydrogen) atoms. The van der Waals surface area contributed by atoms with Gasteiger partial charge in [-0.25, -0.2) is 4.79 Å². The third-order valence-electron chi connectivity index (χ3n) is 5.24. The lowest BCUT2D eigenvalue weighted by Gasteiger charge is -2.37. The van der Waals surface area contributed by atoms with Crippen molar-refractivity contribution in [2.45, 2.75) is 33.2 Å². The van der Waals surface area contributed by atoms with E-state index < -0.39 is 12.1 Å². The Morgan fingerprint density at radius 2 is 1.76 bits per heavy atom. The summed E-state index contributed by atoms with van der Waals surface area (Å²) in [7, 11) is 0. The molecule has 1 aromatic carbocycles. The van der Waals surface area contributed by atoms with Crippen LogP contribution in [0.2, 0.25) is 0 Å². The first-order valence-electron chi connectivity index (χ1n) is 10.1. The molecule has 0 bridgehead atoms. The Morgan fingerprint density at radius 1 is 1.14 bits per heavy atom. The standard InChI is InChI=1S/C21H31N3O5/c1-4-24(21(27)28)16(2)20(26)23-13-11-22(12-14-23)10-5-15-29-19-8-6-18(7-9-19)17(3)25/h6-9,16H,4-5,10-15H2,1-3H3,(H,27,28)/t16-/m1/s1. The minimum atomic E-state index is -1.07. The second-order valence-corrected chi connectivity index (χ2v) is 7.19. The maximum Gasteiger partial charge on any atom is 0.407 e. The van der Waals surface area contributed by atoms with Crippen LogP contribution in [0.3, 0.4) is 0 Å². The molecule has 1 fully saturated rings. The highest BCUT2D eigenvalue weighted by Crippen LogP contribution is 2.13. The average Bonchev–Trinajstić information content (AvgIpc) is 2.71. The molecular formula is C21H31N3O5. The minimum absolute atomic E-state index is 0.0360. The first-order valence-corrected chi connectivity index (χ1v) is 10.1. The van der Waals surface area contributed by atoms with E-state index in [1.807, 2.05) is 0 Å². The molecule has 2 rings (SSSR count). The van der Waals surface area contributed by atoms with E-state index in [-0.39, 0.29) is 11.7 Å². The van der Waals surface area contributed by atoms with Gasteiger partial charge in [0.05, 0.1) is 6.61 Å². The molecule has 1 aliphatic rings. The Bertz CT molecular complexity index is 699. The van der Waals surface area contributed by atoms with Gasteiger partial charge in [-0.3, -0.25) is 19.4 Å². The van der Waals surface area contributed by atoms with E-state index in [9.17, 15) is 19.5 Å². The van der Waals surface area contributed by atoms with E-state index in [0.717, 1.165) is 36.7 Å². The van der Waals surface area contributed by atoms with Gasteiger partial charge in [0.15, 0.2) is 5.78 Å². The number of ether oxygens (including phenoxy) is 1. The zero-order chi connectivity index (χ0) is 21.4. The van der Waals surface area contributed by atoms with E-state index >= 15 is 0 Å². The molecule has 0 aliphatic carbocycles. The number of amides is 2. The number of rotatable bonds is 9. The number of hydrogen-bond acceptors (Lipinski definition) is 5. The van der Waals surface area contributed by atoms with Crippen LogP contribution in [-0.4, -0.2) is 89.5 Å². The quantitative estimate of drug-likeness (QED) is 0.500. The van der Waals surface area contributed by atoms with Crippen LogP contribution in [0.5, 0.6) is 5.75 Å². The van der Waals surface area contributed by atoms with Crippen molar-refractivity contribution in [1.29, 1.82) is 0 Å². The van der Waals surface area contributed by atoms with Crippen molar-refractivity contribution in [3.63, 3.8) is 0 Å². The predicted octanol–water partition coefficient (Wildman–Crippen LogP) is 2.19. The molecule has 2 amide bonds. The van der Waals surface area contributed by atoms with Crippen LogP contribution in [0.1, 0.15) is 37.6 Å². The number of nitrogens with zero attached hydrogens (tertiary/aromatic N) is 3. The molecule has 0 aromatic heterocycles. The van der Waals surface area contributed by atoms with E-state index in [1.165, 1.54) is 6.92 Å². The summed E-state index contributed by atoms with van der Waals surface area (Å²) in [6.45, 7) is 9.41. The molecule has 0 saturated carbocycles. The molecule has 8 heteroatoms. The number of likely N-dealkylation sites (N-methyl/N-ethyl adjacent to an activating group) is 1. The lowest BCUT2D eigenvalue weighted by Crippen LogP contribution is -2.55. The molecule has 0 spiro atoms. The average molecular weight is 405 g/mol. The van der Waals surface area contributed by atoms with Crippen LogP contribution >= 0.6 is 0 Å². The molecule has 1 N–H and O–H groups in total. The van der Waals surface area contributed by atoms with Crippen molar-refractivity contribution in [3.05, 3.63) is 29.8 Å². The van der Waals surface area contributed by atoms with Gasteiger partial charge in [0.2, 0.25) is 5.91 Å². The molecule has 8 nitrogen and oxygen atoms in total. The largest absolute Gasteiger partial charge is 0.494 e. The Labute approximate surface area is 172 Å². The molecular weight excluding hydrogens is 374 g/mol. The Balaban J connectivity index is 1.68. The SMILES string of the molecule is CCN(C(=O)O)[C@H](C)C(=O)N1CCN(CCCOc2ccc(C(C)=O)cc2)CC1. The summed E-state index contributed by atoms with van der Waals surface area (Å²) in [6, 6.07) is 6.47. The zero-order valence-corrected chi connectivity index (χ0v) is 17.5. The smallest absolute Gasteiger partial charge is 0.407 e. The summed E-state index contributed by atoms with van der Waals surface area (Å²) in [5.74, 6) is 0.651. The fourth-order valence-electron chi connectivity index (χ4n) is 3.43. The van der Waals surface area contributed by atoms with Crippen molar-refractivity contribution in [1.82, 2.24) is 14.7 Å². The minimum Gasteiger partial charge on any atom is -0.494 e. The van der Waals surface area contributed by atoms with Gasteiger partial charge in [-0.05, 0) is 51.5 Å². The maximum atomic E-state index is 12.6. The van der Waals surface area contributed by atoms with Crippen LogP contribution in [0, 0.1) is 0 Å². The van der Waals surface area contributed by atoms with Gasteiger partial charge in [0.25, 0.3) is 0 Å². The van der Waals surface area contributed by atoms with Gasteiger partial charge in [-0.2, -0.15) is 0 Å². The van der Waals surface area contributed by atoms with Crippen molar-refractivity contribution in [2.24, 2.45) is 0 Å². The third-order valence-corrected chi connectivity index (χ3v) is 5.24. The van der Waals surface area contributed by atoms with Gasteiger partial charge in [-0.1, -0.05) is 0 Å². The molecule has 1 heterocycles. The summed E-state index contributed by atoms with van der Waals surface area (Å²) >= 11 is 0. The summed E-state index contributed by atoms with van der Waals surface area (Å²) in [6.07, 6.45) is -0.204. The molecule has 1 saturated heterocycles. The van der Waals surface area contributed by atoms with Gasteiger partial charge >= 0.3 is 6.09 Å². The van der Waals surface area contributed by atoms with Crippen LogP contribution in [0.15, 0.2) is 24.3 Å². The van der Waals surface area contributed by atoms with Gasteiger partial charge < -0.3 is 14.7 Å².